The van der Waals surface area contributed by atoms with Crippen LogP contribution in [-0.2, 0) is 22.9 Å². The first-order valence-corrected chi connectivity index (χ1v) is 13.4. The second-order valence-electron chi connectivity index (χ2n) is 7.71. The largest absolute Gasteiger partial charge is 0.358 e. The van der Waals surface area contributed by atoms with E-state index in [1.807, 2.05) is 30.3 Å². The maximum atomic E-state index is 13.0. The van der Waals surface area contributed by atoms with Gasteiger partial charge in [0.15, 0.2) is 5.76 Å². The molecule has 0 spiro atoms. The molecule has 0 amide bonds. The second kappa shape index (κ2) is 11.9. The Bertz CT molecular complexity index is 1130. The number of anilines is 1. The monoisotopic (exact) mass is 509 g/mol. The van der Waals surface area contributed by atoms with E-state index in [-0.39, 0.29) is 5.75 Å². The SMILES string of the molecule is CCN(CC)CCCS(=O)(=O)Nc1c(-c2c(Cl)cccc2Cl)noc1CCc1ccccc1. The van der Waals surface area contributed by atoms with Crippen LogP contribution in [0.1, 0.15) is 31.6 Å². The fraction of sp³-hybridized carbons (Fsp3) is 0.375. The highest BCUT2D eigenvalue weighted by molar-refractivity contribution is 7.92. The topological polar surface area (TPSA) is 75.4 Å². The van der Waals surface area contributed by atoms with Crippen molar-refractivity contribution in [2.45, 2.75) is 33.1 Å². The summed E-state index contributed by atoms with van der Waals surface area (Å²) in [6.45, 7) is 6.60. The minimum atomic E-state index is -3.64. The van der Waals surface area contributed by atoms with E-state index in [2.05, 4.69) is 28.6 Å². The number of hydrogen-bond donors (Lipinski definition) is 1. The van der Waals surface area contributed by atoms with Crippen molar-refractivity contribution < 1.29 is 12.9 Å². The van der Waals surface area contributed by atoms with Gasteiger partial charge in [-0.2, -0.15) is 0 Å². The molecule has 0 bridgehead atoms. The number of sulfonamides is 1. The molecule has 0 radical (unpaired) electrons. The van der Waals surface area contributed by atoms with Crippen LogP contribution in [0.4, 0.5) is 5.69 Å². The highest BCUT2D eigenvalue weighted by Gasteiger charge is 2.25. The molecule has 0 saturated carbocycles. The number of aromatic nitrogens is 1. The van der Waals surface area contributed by atoms with Crippen LogP contribution in [-0.4, -0.2) is 43.9 Å². The van der Waals surface area contributed by atoms with Crippen LogP contribution in [0.2, 0.25) is 10.0 Å². The Morgan fingerprint density at radius 3 is 2.27 bits per heavy atom. The van der Waals surface area contributed by atoms with Crippen molar-refractivity contribution in [1.29, 1.82) is 0 Å². The molecule has 2 aromatic carbocycles. The first-order valence-electron chi connectivity index (χ1n) is 11.0. The van der Waals surface area contributed by atoms with E-state index in [9.17, 15) is 8.42 Å². The lowest BCUT2D eigenvalue weighted by Gasteiger charge is -2.17. The van der Waals surface area contributed by atoms with Crippen molar-refractivity contribution in [3.63, 3.8) is 0 Å². The van der Waals surface area contributed by atoms with E-state index >= 15 is 0 Å². The number of benzene rings is 2. The number of nitrogens with zero attached hydrogens (tertiary/aromatic N) is 2. The van der Waals surface area contributed by atoms with E-state index in [4.69, 9.17) is 27.7 Å². The minimum Gasteiger partial charge on any atom is -0.358 e. The minimum absolute atomic E-state index is 0.0114. The molecular weight excluding hydrogens is 481 g/mol. The van der Waals surface area contributed by atoms with Crippen molar-refractivity contribution >= 4 is 38.9 Å². The van der Waals surface area contributed by atoms with Crippen molar-refractivity contribution in [3.05, 3.63) is 69.9 Å². The highest BCUT2D eigenvalue weighted by atomic mass is 35.5. The zero-order valence-corrected chi connectivity index (χ0v) is 21.2. The molecule has 0 aliphatic rings. The first-order chi connectivity index (χ1) is 15.8. The maximum absolute atomic E-state index is 13.0. The van der Waals surface area contributed by atoms with Crippen LogP contribution < -0.4 is 4.72 Å². The van der Waals surface area contributed by atoms with Crippen molar-refractivity contribution in [2.24, 2.45) is 0 Å². The van der Waals surface area contributed by atoms with E-state index in [0.717, 1.165) is 18.7 Å². The molecule has 33 heavy (non-hydrogen) atoms. The number of rotatable bonds is 12. The Morgan fingerprint density at radius 2 is 1.64 bits per heavy atom. The van der Waals surface area contributed by atoms with E-state index < -0.39 is 10.0 Å². The molecule has 3 rings (SSSR count). The van der Waals surface area contributed by atoms with Gasteiger partial charge in [-0.1, -0.05) is 78.6 Å². The van der Waals surface area contributed by atoms with Gasteiger partial charge in [-0.3, -0.25) is 4.72 Å². The summed E-state index contributed by atoms with van der Waals surface area (Å²) in [7, 11) is -3.64. The van der Waals surface area contributed by atoms with Gasteiger partial charge >= 0.3 is 0 Å². The van der Waals surface area contributed by atoms with Gasteiger partial charge in [-0.25, -0.2) is 8.42 Å². The molecule has 1 aromatic heterocycles. The fourth-order valence-electron chi connectivity index (χ4n) is 3.62. The molecule has 0 atom stereocenters. The van der Waals surface area contributed by atoms with Gasteiger partial charge in [0.05, 0.1) is 15.8 Å². The molecule has 0 fully saturated rings. The number of halogens is 2. The lowest BCUT2D eigenvalue weighted by molar-refractivity contribution is 0.305. The summed E-state index contributed by atoms with van der Waals surface area (Å²) in [5, 5.41) is 4.90. The summed E-state index contributed by atoms with van der Waals surface area (Å²) >= 11 is 12.8. The zero-order chi connectivity index (χ0) is 23.8. The summed E-state index contributed by atoms with van der Waals surface area (Å²) < 4.78 is 34.3. The summed E-state index contributed by atoms with van der Waals surface area (Å²) in [4.78, 5) is 2.19. The molecule has 3 aromatic rings. The second-order valence-corrected chi connectivity index (χ2v) is 10.4. The van der Waals surface area contributed by atoms with E-state index in [1.165, 1.54) is 0 Å². The van der Waals surface area contributed by atoms with Crippen LogP contribution in [0.25, 0.3) is 11.3 Å². The molecule has 1 N–H and O–H groups in total. The summed E-state index contributed by atoms with van der Waals surface area (Å²) in [6, 6.07) is 15.0. The lowest BCUT2D eigenvalue weighted by Crippen LogP contribution is -2.27. The van der Waals surface area contributed by atoms with Crippen LogP contribution >= 0.6 is 23.2 Å². The Hall–Kier alpha value is -2.06. The van der Waals surface area contributed by atoms with Gasteiger partial charge in [0.25, 0.3) is 0 Å². The molecule has 0 aliphatic heterocycles. The van der Waals surface area contributed by atoms with Crippen molar-refractivity contribution in [2.75, 3.05) is 30.1 Å². The third-order valence-electron chi connectivity index (χ3n) is 5.49. The molecule has 178 valence electrons. The predicted octanol–water partition coefficient (Wildman–Crippen LogP) is 5.91. The van der Waals surface area contributed by atoms with Crippen LogP contribution in [0.3, 0.4) is 0 Å². The smallest absolute Gasteiger partial charge is 0.232 e. The Morgan fingerprint density at radius 1 is 0.970 bits per heavy atom. The average molecular weight is 510 g/mol. The van der Waals surface area contributed by atoms with Gasteiger partial charge in [0, 0.05) is 12.0 Å². The summed E-state index contributed by atoms with van der Waals surface area (Å²) in [5.74, 6) is 0.430. The van der Waals surface area contributed by atoms with Gasteiger partial charge in [-0.15, -0.1) is 0 Å². The van der Waals surface area contributed by atoms with Crippen LogP contribution in [0, 0.1) is 0 Å². The number of nitrogens with one attached hydrogen (secondary N) is 1. The summed E-state index contributed by atoms with van der Waals surface area (Å²) in [5.41, 5.74) is 2.14. The quantitative estimate of drug-likeness (QED) is 0.328. The third kappa shape index (κ3) is 6.96. The predicted molar refractivity (Wildman–Crippen MR) is 136 cm³/mol. The Labute approximate surface area is 205 Å². The molecular formula is C24H29Cl2N3O3S. The van der Waals surface area contributed by atoms with Crippen molar-refractivity contribution in [3.8, 4) is 11.3 Å². The molecule has 0 unspecified atom stereocenters. The van der Waals surface area contributed by atoms with Crippen LogP contribution in [0.5, 0.6) is 0 Å². The van der Waals surface area contributed by atoms with Crippen molar-refractivity contribution in [1.82, 2.24) is 10.1 Å². The maximum Gasteiger partial charge on any atom is 0.232 e. The van der Waals surface area contributed by atoms with E-state index in [0.29, 0.717) is 58.6 Å². The standard InChI is InChI=1S/C24H29Cl2N3O3S/c1-3-29(4-2)16-9-17-33(30,31)28-23-21(15-14-18-10-6-5-7-11-18)32-27-24(23)22-19(25)12-8-13-20(22)26/h5-8,10-13,28H,3-4,9,14-17H2,1-2H3. The number of aryl methyl sites for hydroxylation is 2. The molecule has 0 aliphatic carbocycles. The third-order valence-corrected chi connectivity index (χ3v) is 7.46. The first kappa shape index (κ1) is 25.6. The van der Waals surface area contributed by atoms with Gasteiger partial charge in [0.1, 0.15) is 11.4 Å². The normalized spacial score (nSPS) is 11.8. The van der Waals surface area contributed by atoms with Gasteiger partial charge in [0.2, 0.25) is 10.0 Å². The summed E-state index contributed by atoms with van der Waals surface area (Å²) in [6.07, 6.45) is 1.66. The molecule has 6 nitrogen and oxygen atoms in total. The zero-order valence-electron chi connectivity index (χ0n) is 18.9. The lowest BCUT2D eigenvalue weighted by atomic mass is 10.1. The molecule has 9 heteroatoms. The van der Waals surface area contributed by atoms with Gasteiger partial charge < -0.3 is 9.42 Å². The number of hydrogen-bond acceptors (Lipinski definition) is 5. The Kier molecular flexibility index (Phi) is 9.20. The Balaban J connectivity index is 1.88. The van der Waals surface area contributed by atoms with Gasteiger partial charge in [-0.05, 0) is 50.2 Å². The molecule has 0 saturated heterocycles. The fourth-order valence-corrected chi connectivity index (χ4v) is 5.33. The highest BCUT2D eigenvalue weighted by Crippen LogP contribution is 2.40. The molecule has 1 heterocycles. The van der Waals surface area contributed by atoms with E-state index in [1.54, 1.807) is 18.2 Å². The van der Waals surface area contributed by atoms with Crippen LogP contribution in [0.15, 0.2) is 53.1 Å². The average Bonchev–Trinajstić information content (AvgIpc) is 3.17.